The molecule has 0 saturated heterocycles. The highest BCUT2D eigenvalue weighted by Gasteiger charge is 2.13. The zero-order valence-electron chi connectivity index (χ0n) is 9.81. The highest BCUT2D eigenvalue weighted by atomic mass is 35.5. The van der Waals surface area contributed by atoms with Crippen LogP contribution in [0.5, 0.6) is 0 Å². The standard InChI is InChI=1S/C11H10ClN5S/c1-5-3-7-9(14-11(13)15-10(7)18-5)17-4-8(12)6(2)16-17/h3-4H,1-2H3,(H2,13,14,15). The molecule has 0 aliphatic heterocycles. The molecule has 0 saturated carbocycles. The number of nitrogens with two attached hydrogens (primary N) is 1. The zero-order chi connectivity index (χ0) is 12.9. The molecule has 3 aromatic rings. The van der Waals surface area contributed by atoms with E-state index in [4.69, 9.17) is 17.3 Å². The predicted octanol–water partition coefficient (Wildman–Crippen LogP) is 2.73. The van der Waals surface area contributed by atoms with Crippen LogP contribution < -0.4 is 5.73 Å². The molecular formula is C11H10ClN5S. The third kappa shape index (κ3) is 1.74. The average Bonchev–Trinajstić information content (AvgIpc) is 2.81. The van der Waals surface area contributed by atoms with Gasteiger partial charge in [-0.15, -0.1) is 11.3 Å². The predicted molar refractivity (Wildman–Crippen MR) is 73.4 cm³/mol. The SMILES string of the molecule is Cc1cc2c(-n3cc(Cl)c(C)n3)nc(N)nc2s1. The summed E-state index contributed by atoms with van der Waals surface area (Å²) < 4.78 is 1.64. The molecule has 0 bridgehead atoms. The molecule has 0 aliphatic rings. The lowest BCUT2D eigenvalue weighted by molar-refractivity contribution is 0.839. The zero-order valence-corrected chi connectivity index (χ0v) is 11.4. The molecule has 5 nitrogen and oxygen atoms in total. The van der Waals surface area contributed by atoms with Gasteiger partial charge in [-0.2, -0.15) is 10.1 Å². The molecule has 18 heavy (non-hydrogen) atoms. The topological polar surface area (TPSA) is 69.6 Å². The number of rotatable bonds is 1. The molecule has 0 spiro atoms. The Labute approximate surface area is 112 Å². The van der Waals surface area contributed by atoms with Gasteiger partial charge in [0, 0.05) is 4.88 Å². The Morgan fingerprint density at radius 3 is 2.78 bits per heavy atom. The lowest BCUT2D eigenvalue weighted by atomic mass is 10.3. The van der Waals surface area contributed by atoms with Crippen LogP contribution in [-0.2, 0) is 0 Å². The largest absolute Gasteiger partial charge is 0.368 e. The molecular weight excluding hydrogens is 270 g/mol. The van der Waals surface area contributed by atoms with Crippen molar-refractivity contribution in [2.24, 2.45) is 0 Å². The third-order valence-corrected chi connectivity index (χ3v) is 3.88. The van der Waals surface area contributed by atoms with E-state index < -0.39 is 0 Å². The maximum Gasteiger partial charge on any atom is 0.223 e. The quantitative estimate of drug-likeness (QED) is 0.743. The first-order chi connectivity index (χ1) is 8.54. The molecule has 0 aromatic carbocycles. The van der Waals surface area contributed by atoms with Crippen molar-refractivity contribution in [3.8, 4) is 5.82 Å². The van der Waals surface area contributed by atoms with Gasteiger partial charge in [-0.1, -0.05) is 11.6 Å². The third-order valence-electron chi connectivity index (χ3n) is 2.57. The van der Waals surface area contributed by atoms with Gasteiger partial charge in [0.15, 0.2) is 5.82 Å². The number of hydrogen-bond acceptors (Lipinski definition) is 5. The van der Waals surface area contributed by atoms with Crippen LogP contribution in [-0.4, -0.2) is 19.7 Å². The summed E-state index contributed by atoms with van der Waals surface area (Å²) in [5.74, 6) is 0.903. The fraction of sp³-hybridized carbons (Fsp3) is 0.182. The number of aryl methyl sites for hydroxylation is 2. The van der Waals surface area contributed by atoms with E-state index in [-0.39, 0.29) is 5.95 Å². The van der Waals surface area contributed by atoms with E-state index in [1.165, 1.54) is 0 Å². The van der Waals surface area contributed by atoms with Crippen LogP contribution in [0.2, 0.25) is 5.02 Å². The Morgan fingerprint density at radius 2 is 2.11 bits per heavy atom. The number of aromatic nitrogens is 4. The van der Waals surface area contributed by atoms with Crippen LogP contribution in [0.4, 0.5) is 5.95 Å². The maximum atomic E-state index is 6.02. The number of thiophene rings is 1. The second-order valence-electron chi connectivity index (χ2n) is 3.99. The van der Waals surface area contributed by atoms with E-state index in [1.807, 2.05) is 19.9 Å². The van der Waals surface area contributed by atoms with Crippen molar-refractivity contribution in [1.29, 1.82) is 0 Å². The fourth-order valence-electron chi connectivity index (χ4n) is 1.77. The first-order valence-electron chi connectivity index (χ1n) is 5.30. The van der Waals surface area contributed by atoms with Crippen molar-refractivity contribution in [2.75, 3.05) is 5.73 Å². The first-order valence-corrected chi connectivity index (χ1v) is 6.50. The second kappa shape index (κ2) is 3.93. The lowest BCUT2D eigenvalue weighted by Crippen LogP contribution is -2.03. The van der Waals surface area contributed by atoms with Crippen LogP contribution >= 0.6 is 22.9 Å². The first kappa shape index (κ1) is 11.4. The molecule has 92 valence electrons. The van der Waals surface area contributed by atoms with Gasteiger partial charge in [0.05, 0.1) is 22.3 Å². The van der Waals surface area contributed by atoms with E-state index in [2.05, 4.69) is 15.1 Å². The van der Waals surface area contributed by atoms with Crippen LogP contribution in [0.15, 0.2) is 12.3 Å². The van der Waals surface area contributed by atoms with E-state index >= 15 is 0 Å². The maximum absolute atomic E-state index is 6.02. The van der Waals surface area contributed by atoms with Crippen molar-refractivity contribution >= 4 is 39.1 Å². The summed E-state index contributed by atoms with van der Waals surface area (Å²) in [4.78, 5) is 10.5. The smallest absolute Gasteiger partial charge is 0.223 e. The highest BCUT2D eigenvalue weighted by Crippen LogP contribution is 2.28. The van der Waals surface area contributed by atoms with Gasteiger partial charge >= 0.3 is 0 Å². The molecule has 3 aromatic heterocycles. The molecule has 0 amide bonds. The summed E-state index contributed by atoms with van der Waals surface area (Å²) in [6, 6.07) is 2.03. The number of nitrogen functional groups attached to an aromatic ring is 1. The Hall–Kier alpha value is -1.66. The van der Waals surface area contributed by atoms with E-state index in [9.17, 15) is 0 Å². The molecule has 2 N–H and O–H groups in total. The number of anilines is 1. The Morgan fingerprint density at radius 1 is 1.33 bits per heavy atom. The number of nitrogens with zero attached hydrogens (tertiary/aromatic N) is 4. The van der Waals surface area contributed by atoms with Crippen LogP contribution in [0.25, 0.3) is 16.0 Å². The van der Waals surface area contributed by atoms with Crippen LogP contribution in [0.3, 0.4) is 0 Å². The summed E-state index contributed by atoms with van der Waals surface area (Å²) in [6.07, 6.45) is 1.73. The Kier molecular flexibility index (Phi) is 2.49. The minimum atomic E-state index is 0.239. The van der Waals surface area contributed by atoms with Gasteiger partial charge in [-0.25, -0.2) is 9.67 Å². The molecule has 3 rings (SSSR count). The van der Waals surface area contributed by atoms with Gasteiger partial charge in [-0.05, 0) is 19.9 Å². The fourth-order valence-corrected chi connectivity index (χ4v) is 2.78. The monoisotopic (exact) mass is 279 g/mol. The van der Waals surface area contributed by atoms with E-state index in [0.717, 1.165) is 20.8 Å². The molecule has 0 unspecified atom stereocenters. The normalized spacial score (nSPS) is 11.3. The summed E-state index contributed by atoms with van der Waals surface area (Å²) >= 11 is 7.60. The Bertz CT molecular complexity index is 726. The second-order valence-corrected chi connectivity index (χ2v) is 5.63. The van der Waals surface area contributed by atoms with Crippen LogP contribution in [0, 0.1) is 13.8 Å². The van der Waals surface area contributed by atoms with Gasteiger partial charge in [0.2, 0.25) is 5.95 Å². The lowest BCUT2D eigenvalue weighted by Gasteiger charge is -2.02. The van der Waals surface area contributed by atoms with Gasteiger partial charge < -0.3 is 5.73 Å². The van der Waals surface area contributed by atoms with Crippen molar-refractivity contribution in [2.45, 2.75) is 13.8 Å². The average molecular weight is 280 g/mol. The van der Waals surface area contributed by atoms with Crippen molar-refractivity contribution in [3.05, 3.63) is 27.9 Å². The Balaban J connectivity index is 2.33. The molecule has 0 atom stereocenters. The summed E-state index contributed by atoms with van der Waals surface area (Å²) in [5.41, 5.74) is 6.48. The molecule has 0 fully saturated rings. The minimum absolute atomic E-state index is 0.239. The number of halogens is 1. The van der Waals surface area contributed by atoms with E-state index in [1.54, 1.807) is 22.2 Å². The molecule has 3 heterocycles. The minimum Gasteiger partial charge on any atom is -0.368 e. The van der Waals surface area contributed by atoms with Crippen LogP contribution in [0.1, 0.15) is 10.6 Å². The number of fused-ring (bicyclic) bond motifs is 1. The summed E-state index contributed by atoms with van der Waals surface area (Å²) in [5, 5.41) is 5.86. The summed E-state index contributed by atoms with van der Waals surface area (Å²) in [7, 11) is 0. The molecule has 0 aliphatic carbocycles. The molecule has 7 heteroatoms. The van der Waals surface area contributed by atoms with Crippen molar-refractivity contribution in [3.63, 3.8) is 0 Å². The highest BCUT2D eigenvalue weighted by molar-refractivity contribution is 7.18. The van der Waals surface area contributed by atoms with Gasteiger partial charge in [0.25, 0.3) is 0 Å². The molecule has 0 radical (unpaired) electrons. The number of hydrogen-bond donors (Lipinski definition) is 1. The van der Waals surface area contributed by atoms with E-state index in [0.29, 0.717) is 10.8 Å². The summed E-state index contributed by atoms with van der Waals surface area (Å²) in [6.45, 7) is 3.87. The van der Waals surface area contributed by atoms with Crippen molar-refractivity contribution < 1.29 is 0 Å². The van der Waals surface area contributed by atoms with Gasteiger partial charge in [-0.3, -0.25) is 0 Å². The van der Waals surface area contributed by atoms with Gasteiger partial charge in [0.1, 0.15) is 4.83 Å². The van der Waals surface area contributed by atoms with Crippen molar-refractivity contribution in [1.82, 2.24) is 19.7 Å².